The molecule has 2 N–H and O–H groups in total. The quantitative estimate of drug-likeness (QED) is 0.523. The van der Waals surface area contributed by atoms with Gasteiger partial charge in [0, 0.05) is 12.2 Å². The number of ether oxygens (including phenoxy) is 1. The number of amides is 1. The zero-order valence-corrected chi connectivity index (χ0v) is 19.6. The van der Waals surface area contributed by atoms with E-state index in [4.69, 9.17) is 17.0 Å². The average Bonchev–Trinajstić information content (AvgIpc) is 3.24. The average molecular weight is 482 g/mol. The fourth-order valence-corrected chi connectivity index (χ4v) is 5.32. The minimum atomic E-state index is -3.67. The molecular formula is C24H23N3O4S2. The Morgan fingerprint density at radius 1 is 1.03 bits per heavy atom. The van der Waals surface area contributed by atoms with E-state index in [0.29, 0.717) is 24.4 Å². The van der Waals surface area contributed by atoms with E-state index >= 15 is 0 Å². The molecule has 0 saturated heterocycles. The standard InChI is InChI=1S/C24H23N3O4S2/c1-17-6-2-5-9-22(17)31-16-23(28)26-24(32)25-19-10-12-20(13-11-19)33(29,30)27-15-14-18-7-3-4-8-21(18)27/h2-13H,14-16H2,1H3,(H2,25,26,28,32). The molecule has 0 bridgehead atoms. The third kappa shape index (κ3) is 5.15. The lowest BCUT2D eigenvalue weighted by atomic mass is 10.2. The lowest BCUT2D eigenvalue weighted by Gasteiger charge is -2.19. The molecule has 0 fully saturated rings. The number of nitrogens with one attached hydrogen (secondary N) is 2. The first kappa shape index (κ1) is 22.8. The molecule has 170 valence electrons. The van der Waals surface area contributed by atoms with Crippen LogP contribution in [0.1, 0.15) is 11.1 Å². The molecule has 1 heterocycles. The van der Waals surface area contributed by atoms with Gasteiger partial charge in [-0.05, 0) is 73.1 Å². The van der Waals surface area contributed by atoms with Crippen LogP contribution in [0.15, 0.2) is 77.7 Å². The second-order valence-corrected chi connectivity index (χ2v) is 9.81. The summed E-state index contributed by atoms with van der Waals surface area (Å²) < 4.78 is 33.1. The van der Waals surface area contributed by atoms with Crippen molar-refractivity contribution in [3.8, 4) is 5.75 Å². The van der Waals surface area contributed by atoms with E-state index in [0.717, 1.165) is 16.8 Å². The number of nitrogens with zero attached hydrogens (tertiary/aromatic N) is 1. The monoisotopic (exact) mass is 481 g/mol. The summed E-state index contributed by atoms with van der Waals surface area (Å²) in [6, 6.07) is 21.2. The van der Waals surface area contributed by atoms with Crippen LogP contribution in [0.2, 0.25) is 0 Å². The Morgan fingerprint density at radius 3 is 2.48 bits per heavy atom. The predicted octanol–water partition coefficient (Wildman–Crippen LogP) is 3.64. The molecule has 0 unspecified atom stereocenters. The number of thiocarbonyl (C=S) groups is 1. The highest BCUT2D eigenvalue weighted by molar-refractivity contribution is 7.92. The van der Waals surface area contributed by atoms with Gasteiger partial charge in [0.25, 0.3) is 15.9 Å². The van der Waals surface area contributed by atoms with Crippen molar-refractivity contribution in [3.05, 3.63) is 83.9 Å². The third-order valence-corrected chi connectivity index (χ3v) is 7.28. The van der Waals surface area contributed by atoms with Gasteiger partial charge in [-0.25, -0.2) is 8.42 Å². The molecule has 0 radical (unpaired) electrons. The Bertz CT molecular complexity index is 1290. The first-order valence-corrected chi connectivity index (χ1v) is 12.2. The van der Waals surface area contributed by atoms with Gasteiger partial charge in [-0.3, -0.25) is 14.4 Å². The number of carbonyl (C=O) groups excluding carboxylic acids is 1. The number of hydrogen-bond donors (Lipinski definition) is 2. The van der Waals surface area contributed by atoms with Crippen LogP contribution in [0.25, 0.3) is 0 Å². The minimum Gasteiger partial charge on any atom is -0.483 e. The maximum absolute atomic E-state index is 13.1. The van der Waals surface area contributed by atoms with Crippen LogP contribution >= 0.6 is 12.2 Å². The molecule has 0 atom stereocenters. The summed E-state index contributed by atoms with van der Waals surface area (Å²) in [5.41, 5.74) is 3.22. The van der Waals surface area contributed by atoms with Gasteiger partial charge in [-0.2, -0.15) is 0 Å². The van der Waals surface area contributed by atoms with Crippen molar-refractivity contribution in [3.63, 3.8) is 0 Å². The number of fused-ring (bicyclic) bond motifs is 1. The summed E-state index contributed by atoms with van der Waals surface area (Å²) in [5.74, 6) is 0.228. The van der Waals surface area contributed by atoms with Crippen molar-refractivity contribution in [2.45, 2.75) is 18.2 Å². The van der Waals surface area contributed by atoms with Crippen LogP contribution < -0.4 is 19.7 Å². The Kier molecular flexibility index (Phi) is 6.62. The third-order valence-electron chi connectivity index (χ3n) is 5.25. The molecule has 0 aliphatic carbocycles. The molecule has 1 aliphatic rings. The van der Waals surface area contributed by atoms with Gasteiger partial charge in [0.1, 0.15) is 5.75 Å². The van der Waals surface area contributed by atoms with Gasteiger partial charge in [-0.15, -0.1) is 0 Å². The molecule has 0 saturated carbocycles. The Balaban J connectivity index is 1.34. The molecule has 3 aromatic carbocycles. The highest BCUT2D eigenvalue weighted by Crippen LogP contribution is 2.32. The molecule has 1 amide bonds. The van der Waals surface area contributed by atoms with Crippen molar-refractivity contribution in [2.24, 2.45) is 0 Å². The van der Waals surface area contributed by atoms with Gasteiger partial charge in [-0.1, -0.05) is 36.4 Å². The molecule has 0 spiro atoms. The maximum Gasteiger partial charge on any atom is 0.264 e. The number of anilines is 2. The number of benzene rings is 3. The molecule has 1 aliphatic heterocycles. The Labute approximate surface area is 198 Å². The Hall–Kier alpha value is -3.43. The van der Waals surface area contributed by atoms with E-state index in [1.54, 1.807) is 18.2 Å². The first-order valence-electron chi connectivity index (χ1n) is 10.3. The van der Waals surface area contributed by atoms with E-state index in [-0.39, 0.29) is 16.6 Å². The van der Waals surface area contributed by atoms with E-state index in [2.05, 4.69) is 10.6 Å². The van der Waals surface area contributed by atoms with Gasteiger partial charge in [0.05, 0.1) is 10.6 Å². The van der Waals surface area contributed by atoms with Gasteiger partial charge in [0.2, 0.25) is 0 Å². The number of aryl methyl sites for hydroxylation is 1. The molecule has 7 nitrogen and oxygen atoms in total. The maximum atomic E-state index is 13.1. The fourth-order valence-electron chi connectivity index (χ4n) is 3.58. The second-order valence-electron chi connectivity index (χ2n) is 7.54. The van der Waals surface area contributed by atoms with E-state index in [9.17, 15) is 13.2 Å². The van der Waals surface area contributed by atoms with E-state index in [1.165, 1.54) is 16.4 Å². The summed E-state index contributed by atoms with van der Waals surface area (Å²) in [5, 5.41) is 5.53. The van der Waals surface area contributed by atoms with Gasteiger partial charge < -0.3 is 10.1 Å². The highest BCUT2D eigenvalue weighted by Gasteiger charge is 2.30. The van der Waals surface area contributed by atoms with Crippen LogP contribution in [0, 0.1) is 6.92 Å². The summed E-state index contributed by atoms with van der Waals surface area (Å²) >= 11 is 5.18. The van der Waals surface area contributed by atoms with Crippen molar-refractivity contribution < 1.29 is 17.9 Å². The summed E-state index contributed by atoms with van der Waals surface area (Å²) in [4.78, 5) is 12.3. The van der Waals surface area contributed by atoms with Gasteiger partial charge in [0.15, 0.2) is 11.7 Å². The summed E-state index contributed by atoms with van der Waals surface area (Å²) in [7, 11) is -3.67. The summed E-state index contributed by atoms with van der Waals surface area (Å²) in [6.07, 6.45) is 0.691. The zero-order chi connectivity index (χ0) is 23.4. The van der Waals surface area contributed by atoms with Crippen molar-refractivity contribution in [1.29, 1.82) is 0 Å². The predicted molar refractivity (Wildman–Crippen MR) is 132 cm³/mol. The first-order chi connectivity index (χ1) is 15.8. The van der Waals surface area contributed by atoms with Crippen molar-refractivity contribution >= 4 is 44.6 Å². The van der Waals surface area contributed by atoms with E-state index in [1.807, 2.05) is 49.4 Å². The normalized spacial score (nSPS) is 12.7. The van der Waals surface area contributed by atoms with Crippen LogP contribution in [0.4, 0.5) is 11.4 Å². The topological polar surface area (TPSA) is 87.7 Å². The lowest BCUT2D eigenvalue weighted by molar-refractivity contribution is -0.121. The van der Waals surface area contributed by atoms with Crippen LogP contribution in [-0.4, -0.2) is 32.6 Å². The zero-order valence-electron chi connectivity index (χ0n) is 17.9. The van der Waals surface area contributed by atoms with Crippen LogP contribution in [-0.2, 0) is 21.2 Å². The number of rotatable bonds is 6. The molecule has 0 aromatic heterocycles. The molecule has 3 aromatic rings. The fraction of sp³-hybridized carbons (Fsp3) is 0.167. The molecule has 33 heavy (non-hydrogen) atoms. The number of hydrogen-bond acceptors (Lipinski definition) is 5. The number of carbonyl (C=O) groups is 1. The molecule has 4 rings (SSSR count). The summed E-state index contributed by atoms with van der Waals surface area (Å²) in [6.45, 7) is 2.13. The Morgan fingerprint density at radius 2 is 1.73 bits per heavy atom. The largest absolute Gasteiger partial charge is 0.483 e. The second kappa shape index (κ2) is 9.60. The van der Waals surface area contributed by atoms with Crippen LogP contribution in [0.3, 0.4) is 0 Å². The lowest BCUT2D eigenvalue weighted by Crippen LogP contribution is -2.37. The van der Waals surface area contributed by atoms with Crippen LogP contribution in [0.5, 0.6) is 5.75 Å². The van der Waals surface area contributed by atoms with Crippen molar-refractivity contribution in [2.75, 3.05) is 22.8 Å². The highest BCUT2D eigenvalue weighted by atomic mass is 32.2. The SMILES string of the molecule is Cc1ccccc1OCC(=O)NC(=S)Nc1ccc(S(=O)(=O)N2CCc3ccccc32)cc1. The number of sulfonamides is 1. The minimum absolute atomic E-state index is 0.0949. The van der Waals surface area contributed by atoms with Crippen molar-refractivity contribution in [1.82, 2.24) is 5.32 Å². The molecule has 9 heteroatoms. The molecular weight excluding hydrogens is 458 g/mol. The van der Waals surface area contributed by atoms with E-state index < -0.39 is 15.9 Å². The van der Waals surface area contributed by atoms with Gasteiger partial charge >= 0.3 is 0 Å². The number of para-hydroxylation sites is 2. The smallest absolute Gasteiger partial charge is 0.264 e.